The third-order valence-corrected chi connectivity index (χ3v) is 4.78. The van der Waals surface area contributed by atoms with Crippen LogP contribution in [0.4, 0.5) is 0 Å². The van der Waals surface area contributed by atoms with Gasteiger partial charge in [0.1, 0.15) is 0 Å². The highest BCUT2D eigenvalue weighted by Crippen LogP contribution is 2.31. The molecule has 3 N–H and O–H groups in total. The Morgan fingerprint density at radius 3 is 2.58 bits per heavy atom. The molecule has 1 aliphatic heterocycles. The Morgan fingerprint density at radius 1 is 1.27 bits per heavy atom. The lowest BCUT2D eigenvalue weighted by molar-refractivity contribution is -0.135. The molecule has 1 fully saturated rings. The smallest absolute Gasteiger partial charge is 0.239 e. The molecule has 0 saturated carbocycles. The summed E-state index contributed by atoms with van der Waals surface area (Å²) < 4.78 is 0. The molecular weight excluding hydrogens is 352 g/mol. The Hall–Kier alpha value is -1.63. The van der Waals surface area contributed by atoms with Crippen molar-refractivity contribution in [1.82, 2.24) is 15.1 Å². The molecule has 0 spiro atoms. The molecule has 2 amide bonds. The number of nitrogens with two attached hydrogens (primary N) is 1. The van der Waals surface area contributed by atoms with Gasteiger partial charge >= 0.3 is 0 Å². The number of nitrogens with one attached hydrogen (secondary N) is 1. The highest BCUT2D eigenvalue weighted by molar-refractivity contribution is 5.85. The van der Waals surface area contributed by atoms with Gasteiger partial charge in [0.2, 0.25) is 11.8 Å². The van der Waals surface area contributed by atoms with Crippen LogP contribution in [0, 0.1) is 5.92 Å². The maximum Gasteiger partial charge on any atom is 0.239 e. The minimum absolute atomic E-state index is 0. The molecule has 0 bridgehead atoms. The van der Waals surface area contributed by atoms with Crippen LogP contribution in [0.3, 0.4) is 0 Å². The number of rotatable bonds is 8. The first-order chi connectivity index (χ1) is 12.0. The van der Waals surface area contributed by atoms with Gasteiger partial charge in [-0.3, -0.25) is 14.5 Å². The molecule has 0 aromatic heterocycles. The van der Waals surface area contributed by atoms with Crippen molar-refractivity contribution in [3.05, 3.63) is 35.9 Å². The lowest BCUT2D eigenvalue weighted by atomic mass is 9.89. The molecule has 1 saturated heterocycles. The quantitative estimate of drug-likeness (QED) is 0.704. The Balaban J connectivity index is 0.00000338. The zero-order valence-electron chi connectivity index (χ0n) is 15.7. The number of likely N-dealkylation sites (tertiary alicyclic amines) is 1. The van der Waals surface area contributed by atoms with Crippen molar-refractivity contribution in [1.29, 1.82) is 0 Å². The average molecular weight is 383 g/mol. The van der Waals surface area contributed by atoms with Gasteiger partial charge in [-0.05, 0) is 24.4 Å². The maximum atomic E-state index is 12.4. The predicted octanol–water partition coefficient (Wildman–Crippen LogP) is 1.07. The third-order valence-electron chi connectivity index (χ3n) is 4.78. The molecule has 26 heavy (non-hydrogen) atoms. The molecule has 0 aliphatic carbocycles. The second kappa shape index (κ2) is 11.2. The summed E-state index contributed by atoms with van der Waals surface area (Å²) in [6.45, 7) is 5.33. The summed E-state index contributed by atoms with van der Waals surface area (Å²) in [6, 6.07) is 10.3. The number of benzene rings is 1. The van der Waals surface area contributed by atoms with Gasteiger partial charge in [-0.15, -0.1) is 12.4 Å². The van der Waals surface area contributed by atoms with Crippen LogP contribution in [0.2, 0.25) is 0 Å². The number of carbonyl (C=O) groups excluding carboxylic acids is 2. The first kappa shape index (κ1) is 22.4. The number of hydrogen-bond acceptors (Lipinski definition) is 4. The Kier molecular flexibility index (Phi) is 9.62. The molecule has 1 aliphatic rings. The maximum absolute atomic E-state index is 12.4. The summed E-state index contributed by atoms with van der Waals surface area (Å²) >= 11 is 0. The molecule has 146 valence electrons. The van der Waals surface area contributed by atoms with Crippen LogP contribution in [-0.2, 0) is 9.59 Å². The first-order valence-electron chi connectivity index (χ1n) is 9.03. The van der Waals surface area contributed by atoms with Crippen LogP contribution in [0.5, 0.6) is 0 Å². The number of carbonyl (C=O) groups is 2. The van der Waals surface area contributed by atoms with Gasteiger partial charge in [-0.25, -0.2) is 0 Å². The Labute approximate surface area is 162 Å². The minimum atomic E-state index is -0.110. The van der Waals surface area contributed by atoms with Gasteiger partial charge in [0.15, 0.2) is 0 Å². The first-order valence-corrected chi connectivity index (χ1v) is 9.03. The average Bonchev–Trinajstić information content (AvgIpc) is 3.03. The number of halogens is 1. The number of likely N-dealkylation sites (N-methyl/N-ethyl adjacent to an activating group) is 1. The van der Waals surface area contributed by atoms with Crippen LogP contribution in [0.1, 0.15) is 24.8 Å². The van der Waals surface area contributed by atoms with Crippen molar-refractivity contribution in [2.45, 2.75) is 19.3 Å². The topological polar surface area (TPSA) is 78.7 Å². The van der Waals surface area contributed by atoms with Crippen LogP contribution in [0.15, 0.2) is 30.3 Å². The highest BCUT2D eigenvalue weighted by atomic mass is 35.5. The van der Waals surface area contributed by atoms with Crippen molar-refractivity contribution in [2.24, 2.45) is 11.7 Å². The Morgan fingerprint density at radius 2 is 1.96 bits per heavy atom. The van der Waals surface area contributed by atoms with E-state index < -0.39 is 0 Å². The van der Waals surface area contributed by atoms with Gasteiger partial charge in [-0.1, -0.05) is 37.3 Å². The predicted molar refractivity (Wildman–Crippen MR) is 106 cm³/mol. The summed E-state index contributed by atoms with van der Waals surface area (Å²) in [4.78, 5) is 27.8. The third kappa shape index (κ3) is 6.27. The molecule has 1 aromatic rings. The standard InChI is InChI=1S/C19H30N4O2.ClH/c1-3-9-21-18(24)13-22(2)19(25)14-23-11-16(10-20)17(12-23)15-7-5-4-6-8-15;/h4-8,16-17H,3,9-14,20H2,1-2H3,(H,21,24);1H/t16-,17+;/m1./s1. The lowest BCUT2D eigenvalue weighted by Gasteiger charge is -2.21. The fraction of sp³-hybridized carbons (Fsp3) is 0.579. The van der Waals surface area contributed by atoms with E-state index in [1.807, 2.05) is 25.1 Å². The highest BCUT2D eigenvalue weighted by Gasteiger charge is 2.34. The monoisotopic (exact) mass is 382 g/mol. The summed E-state index contributed by atoms with van der Waals surface area (Å²) in [5.74, 6) is 0.572. The molecule has 2 atom stereocenters. The van der Waals surface area contributed by atoms with Crippen LogP contribution < -0.4 is 11.1 Å². The molecule has 7 heteroatoms. The Bertz CT molecular complexity index is 570. The summed E-state index contributed by atoms with van der Waals surface area (Å²) in [5.41, 5.74) is 7.23. The van der Waals surface area contributed by atoms with E-state index in [1.54, 1.807) is 7.05 Å². The summed E-state index contributed by atoms with van der Waals surface area (Å²) in [6.07, 6.45) is 0.887. The van der Waals surface area contributed by atoms with Gasteiger partial charge in [0.05, 0.1) is 13.1 Å². The number of nitrogens with zero attached hydrogens (tertiary/aromatic N) is 2. The van der Waals surface area contributed by atoms with E-state index in [9.17, 15) is 9.59 Å². The molecule has 1 aromatic carbocycles. The van der Waals surface area contributed by atoms with Crippen molar-refractivity contribution < 1.29 is 9.59 Å². The van der Waals surface area contributed by atoms with E-state index in [0.717, 1.165) is 19.5 Å². The van der Waals surface area contributed by atoms with E-state index >= 15 is 0 Å². The van der Waals surface area contributed by atoms with Gasteiger partial charge < -0.3 is 16.0 Å². The molecule has 2 rings (SSSR count). The van der Waals surface area contributed by atoms with Crippen LogP contribution in [0.25, 0.3) is 0 Å². The van der Waals surface area contributed by atoms with Gasteiger partial charge in [0, 0.05) is 32.6 Å². The SMILES string of the molecule is CCCNC(=O)CN(C)C(=O)CN1C[C@@H](CN)[C@H](c2ccccc2)C1.Cl. The normalized spacial score (nSPS) is 19.7. The van der Waals surface area contributed by atoms with Crippen LogP contribution in [-0.4, -0.2) is 67.9 Å². The van der Waals surface area contributed by atoms with Gasteiger partial charge in [0.25, 0.3) is 0 Å². The van der Waals surface area contributed by atoms with Crippen molar-refractivity contribution in [2.75, 3.05) is 46.3 Å². The molecular formula is C19H31ClN4O2. The van der Waals surface area contributed by atoms with Crippen molar-refractivity contribution >= 4 is 24.2 Å². The fourth-order valence-electron chi connectivity index (χ4n) is 3.34. The number of hydrogen-bond donors (Lipinski definition) is 2. The van der Waals surface area contributed by atoms with Crippen molar-refractivity contribution in [3.8, 4) is 0 Å². The lowest BCUT2D eigenvalue weighted by Crippen LogP contribution is -2.43. The summed E-state index contributed by atoms with van der Waals surface area (Å²) in [5, 5.41) is 2.79. The van der Waals surface area contributed by atoms with E-state index in [-0.39, 0.29) is 30.8 Å². The van der Waals surface area contributed by atoms with Gasteiger partial charge in [-0.2, -0.15) is 0 Å². The van der Waals surface area contributed by atoms with E-state index in [1.165, 1.54) is 10.5 Å². The van der Waals surface area contributed by atoms with E-state index in [2.05, 4.69) is 22.3 Å². The minimum Gasteiger partial charge on any atom is -0.355 e. The molecule has 0 radical (unpaired) electrons. The van der Waals surface area contributed by atoms with E-state index in [0.29, 0.717) is 31.5 Å². The van der Waals surface area contributed by atoms with E-state index in [4.69, 9.17) is 5.73 Å². The fourth-order valence-corrected chi connectivity index (χ4v) is 3.34. The zero-order chi connectivity index (χ0) is 18.2. The zero-order valence-corrected chi connectivity index (χ0v) is 16.5. The largest absolute Gasteiger partial charge is 0.355 e. The van der Waals surface area contributed by atoms with Crippen LogP contribution >= 0.6 is 12.4 Å². The molecule has 0 unspecified atom stereocenters. The molecule has 6 nitrogen and oxygen atoms in total. The molecule has 1 heterocycles. The summed E-state index contributed by atoms with van der Waals surface area (Å²) in [7, 11) is 1.68. The second-order valence-electron chi connectivity index (χ2n) is 6.81. The second-order valence-corrected chi connectivity index (χ2v) is 6.81. The van der Waals surface area contributed by atoms with Crippen molar-refractivity contribution in [3.63, 3.8) is 0 Å². The number of amides is 2.